The van der Waals surface area contributed by atoms with Crippen LogP contribution in [0.1, 0.15) is 29.3 Å². The number of aliphatic carboxylic acids is 1. The van der Waals surface area contributed by atoms with E-state index in [1.807, 2.05) is 6.07 Å². The first-order valence-electron chi connectivity index (χ1n) is 5.22. The molecule has 1 rings (SSSR count). The molecule has 0 aliphatic rings. The maximum Gasteiger partial charge on any atom is 0.304 e. The molecule has 92 valence electrons. The van der Waals surface area contributed by atoms with Gasteiger partial charge in [-0.2, -0.15) is 0 Å². The van der Waals surface area contributed by atoms with Gasteiger partial charge in [-0.25, -0.2) is 0 Å². The van der Waals surface area contributed by atoms with E-state index in [0.29, 0.717) is 18.7 Å². The Morgan fingerprint density at radius 2 is 2.12 bits per heavy atom. The van der Waals surface area contributed by atoms with Crippen LogP contribution in [0.15, 0.2) is 22.7 Å². The van der Waals surface area contributed by atoms with Crippen molar-refractivity contribution in [3.63, 3.8) is 0 Å². The van der Waals surface area contributed by atoms with E-state index in [-0.39, 0.29) is 12.2 Å². The number of rotatable bonds is 6. The van der Waals surface area contributed by atoms with Gasteiger partial charge in [0.15, 0.2) is 5.78 Å². The molecule has 0 spiro atoms. The van der Waals surface area contributed by atoms with E-state index in [2.05, 4.69) is 21.2 Å². The highest BCUT2D eigenvalue weighted by molar-refractivity contribution is 9.10. The second-order valence-corrected chi connectivity index (χ2v) is 4.54. The molecular weight excluding hydrogens is 286 g/mol. The number of hydrogen-bond acceptors (Lipinski definition) is 3. The smallest absolute Gasteiger partial charge is 0.304 e. The van der Waals surface area contributed by atoms with Gasteiger partial charge in [-0.3, -0.25) is 9.59 Å². The number of halogens is 1. The summed E-state index contributed by atoms with van der Waals surface area (Å²) in [6.07, 6.45) is 0.100. The van der Waals surface area contributed by atoms with E-state index < -0.39 is 5.97 Å². The van der Waals surface area contributed by atoms with E-state index in [4.69, 9.17) is 5.11 Å². The van der Waals surface area contributed by atoms with Crippen molar-refractivity contribution in [2.75, 3.05) is 6.54 Å². The van der Waals surface area contributed by atoms with Gasteiger partial charge in [0.05, 0.1) is 6.42 Å². The first-order valence-corrected chi connectivity index (χ1v) is 6.02. The fourth-order valence-electron chi connectivity index (χ4n) is 1.33. The van der Waals surface area contributed by atoms with Gasteiger partial charge in [0.25, 0.3) is 0 Å². The van der Waals surface area contributed by atoms with Crippen LogP contribution in [0, 0.1) is 0 Å². The maximum absolute atomic E-state index is 11.1. The molecule has 0 fully saturated rings. The molecule has 5 heteroatoms. The number of carbonyl (C=O) groups excluding carboxylic acids is 1. The van der Waals surface area contributed by atoms with E-state index >= 15 is 0 Å². The lowest BCUT2D eigenvalue weighted by atomic mass is 10.1. The first kappa shape index (κ1) is 13.9. The second kappa shape index (κ2) is 6.51. The topological polar surface area (TPSA) is 66.4 Å². The number of nitrogens with one attached hydrogen (secondary N) is 1. The zero-order valence-electron chi connectivity index (χ0n) is 9.50. The minimum atomic E-state index is -0.816. The number of hydrogen-bond donors (Lipinski definition) is 2. The van der Waals surface area contributed by atoms with Crippen LogP contribution < -0.4 is 5.32 Å². The minimum Gasteiger partial charge on any atom is -0.481 e. The third kappa shape index (κ3) is 4.66. The highest BCUT2D eigenvalue weighted by Crippen LogP contribution is 2.18. The average molecular weight is 300 g/mol. The van der Waals surface area contributed by atoms with Gasteiger partial charge in [0.1, 0.15) is 0 Å². The van der Waals surface area contributed by atoms with Crippen molar-refractivity contribution in [1.82, 2.24) is 5.32 Å². The highest BCUT2D eigenvalue weighted by atomic mass is 79.9. The Morgan fingerprint density at radius 3 is 2.65 bits per heavy atom. The zero-order valence-corrected chi connectivity index (χ0v) is 11.1. The summed E-state index contributed by atoms with van der Waals surface area (Å²) < 4.78 is 0.855. The molecule has 1 aromatic carbocycles. The molecule has 0 heterocycles. The molecule has 0 radical (unpaired) electrons. The van der Waals surface area contributed by atoms with Crippen molar-refractivity contribution in [1.29, 1.82) is 0 Å². The molecule has 0 atom stereocenters. The average Bonchev–Trinajstić information content (AvgIpc) is 2.25. The van der Waals surface area contributed by atoms with Gasteiger partial charge in [-0.15, -0.1) is 0 Å². The molecular formula is C12H14BrNO3. The van der Waals surface area contributed by atoms with Crippen LogP contribution in [0.25, 0.3) is 0 Å². The molecule has 2 N–H and O–H groups in total. The summed E-state index contributed by atoms with van der Waals surface area (Å²) in [5, 5.41) is 11.5. The largest absolute Gasteiger partial charge is 0.481 e. The molecule has 0 aliphatic carbocycles. The van der Waals surface area contributed by atoms with Crippen LogP contribution in [0.2, 0.25) is 0 Å². The Morgan fingerprint density at radius 1 is 1.41 bits per heavy atom. The molecule has 0 aromatic heterocycles. The summed E-state index contributed by atoms with van der Waals surface area (Å²) in [7, 11) is 0. The molecule has 0 saturated heterocycles. The van der Waals surface area contributed by atoms with Gasteiger partial charge in [0, 0.05) is 23.1 Å². The van der Waals surface area contributed by atoms with Gasteiger partial charge in [-0.05, 0) is 18.6 Å². The molecule has 0 unspecified atom stereocenters. The van der Waals surface area contributed by atoms with Gasteiger partial charge in [0.2, 0.25) is 0 Å². The van der Waals surface area contributed by atoms with Crippen LogP contribution in [-0.2, 0) is 11.3 Å². The van der Waals surface area contributed by atoms with E-state index in [0.717, 1.165) is 10.0 Å². The van der Waals surface area contributed by atoms with E-state index in [9.17, 15) is 9.59 Å². The third-order valence-corrected chi connectivity index (χ3v) is 3.03. The fourth-order valence-corrected chi connectivity index (χ4v) is 1.85. The van der Waals surface area contributed by atoms with Crippen LogP contribution in [-0.4, -0.2) is 23.4 Å². The number of carboxylic acid groups (broad SMARTS) is 1. The van der Waals surface area contributed by atoms with Crippen LogP contribution >= 0.6 is 15.9 Å². The van der Waals surface area contributed by atoms with Crippen molar-refractivity contribution in [2.24, 2.45) is 0 Å². The summed E-state index contributed by atoms with van der Waals surface area (Å²) in [4.78, 5) is 21.5. The van der Waals surface area contributed by atoms with Crippen molar-refractivity contribution in [3.8, 4) is 0 Å². The Kier molecular flexibility index (Phi) is 5.31. The molecule has 0 saturated carbocycles. The Bertz CT molecular complexity index is 432. The highest BCUT2D eigenvalue weighted by Gasteiger charge is 2.04. The lowest BCUT2D eigenvalue weighted by molar-refractivity contribution is -0.136. The SMILES string of the molecule is CC(=O)c1ccc(CNCCC(=O)O)c(Br)c1. The summed E-state index contributed by atoms with van der Waals surface area (Å²) in [5.74, 6) is -0.792. The van der Waals surface area contributed by atoms with Crippen molar-refractivity contribution < 1.29 is 14.7 Å². The molecule has 0 aliphatic heterocycles. The lowest BCUT2D eigenvalue weighted by Gasteiger charge is -2.07. The molecule has 0 amide bonds. The molecule has 4 nitrogen and oxygen atoms in total. The standard InChI is InChI=1S/C12H14BrNO3/c1-8(15)9-2-3-10(11(13)6-9)7-14-5-4-12(16)17/h2-3,6,14H,4-5,7H2,1H3,(H,16,17). The predicted octanol–water partition coefficient (Wildman–Crippen LogP) is 2.22. The van der Waals surface area contributed by atoms with E-state index in [1.165, 1.54) is 6.92 Å². The summed E-state index contributed by atoms with van der Waals surface area (Å²) in [6, 6.07) is 5.40. The Balaban J connectivity index is 2.54. The van der Waals surface area contributed by atoms with Crippen LogP contribution in [0.5, 0.6) is 0 Å². The number of carbonyl (C=O) groups is 2. The monoisotopic (exact) mass is 299 g/mol. The first-order chi connectivity index (χ1) is 8.00. The number of carboxylic acids is 1. The van der Waals surface area contributed by atoms with E-state index in [1.54, 1.807) is 12.1 Å². The Hall–Kier alpha value is -1.20. The summed E-state index contributed by atoms with van der Waals surface area (Å²) >= 11 is 3.39. The normalized spacial score (nSPS) is 10.2. The quantitative estimate of drug-likeness (QED) is 0.624. The Labute approximate surface area is 108 Å². The summed E-state index contributed by atoms with van der Waals surface area (Å²) in [5.41, 5.74) is 1.66. The summed E-state index contributed by atoms with van der Waals surface area (Å²) in [6.45, 7) is 2.52. The van der Waals surface area contributed by atoms with Gasteiger partial charge in [-0.1, -0.05) is 28.1 Å². The van der Waals surface area contributed by atoms with Crippen molar-refractivity contribution in [2.45, 2.75) is 19.9 Å². The number of benzene rings is 1. The zero-order chi connectivity index (χ0) is 12.8. The predicted molar refractivity (Wildman–Crippen MR) is 68.1 cm³/mol. The molecule has 1 aromatic rings. The number of ketones is 1. The third-order valence-electron chi connectivity index (χ3n) is 2.29. The second-order valence-electron chi connectivity index (χ2n) is 3.68. The minimum absolute atomic E-state index is 0.0242. The number of Topliss-reactive ketones (excluding diaryl/α,β-unsaturated/α-hetero) is 1. The van der Waals surface area contributed by atoms with Crippen LogP contribution in [0.4, 0.5) is 0 Å². The molecule has 0 bridgehead atoms. The molecule has 17 heavy (non-hydrogen) atoms. The van der Waals surface area contributed by atoms with Gasteiger partial charge >= 0.3 is 5.97 Å². The van der Waals surface area contributed by atoms with Crippen LogP contribution in [0.3, 0.4) is 0 Å². The van der Waals surface area contributed by atoms with Crippen molar-refractivity contribution in [3.05, 3.63) is 33.8 Å². The fraction of sp³-hybridized carbons (Fsp3) is 0.333. The van der Waals surface area contributed by atoms with Crippen molar-refractivity contribution >= 4 is 27.7 Å². The lowest BCUT2D eigenvalue weighted by Crippen LogP contribution is -2.17. The van der Waals surface area contributed by atoms with Gasteiger partial charge < -0.3 is 10.4 Å². The maximum atomic E-state index is 11.1.